The van der Waals surface area contributed by atoms with Crippen LogP contribution in [0.2, 0.25) is 0 Å². The number of nitrogens with zero attached hydrogens (tertiary/aromatic N) is 1. The van der Waals surface area contributed by atoms with Crippen molar-refractivity contribution in [2.75, 3.05) is 18.4 Å². The number of likely N-dealkylation sites (tertiary alicyclic amines) is 1. The number of amides is 2. The first kappa shape index (κ1) is 11.5. The van der Waals surface area contributed by atoms with E-state index in [0.717, 1.165) is 19.4 Å². The summed E-state index contributed by atoms with van der Waals surface area (Å²) in [6, 6.07) is 0.129. The van der Waals surface area contributed by atoms with Crippen LogP contribution >= 0.6 is 15.9 Å². The Hall–Kier alpha value is -0.580. The minimum atomic E-state index is -0.0249. The molecule has 1 aliphatic heterocycles. The van der Waals surface area contributed by atoms with Gasteiger partial charge in [0.25, 0.3) is 0 Å². The Bertz CT molecular complexity index is 233. The van der Waals surface area contributed by atoms with Crippen LogP contribution in [-0.4, -0.2) is 41.2 Å². The van der Waals surface area contributed by atoms with Crippen molar-refractivity contribution in [2.24, 2.45) is 0 Å². The van der Waals surface area contributed by atoms with Gasteiger partial charge in [0, 0.05) is 26.1 Å². The molecule has 1 atom stereocenters. The lowest BCUT2D eigenvalue weighted by molar-refractivity contribution is -0.130. The van der Waals surface area contributed by atoms with Gasteiger partial charge in [0.1, 0.15) is 0 Å². The van der Waals surface area contributed by atoms with Gasteiger partial charge in [-0.1, -0.05) is 15.9 Å². The normalized spacial score (nSPS) is 21.9. The molecule has 0 radical (unpaired) electrons. The van der Waals surface area contributed by atoms with Gasteiger partial charge in [-0.3, -0.25) is 9.59 Å². The molecule has 4 nitrogen and oxygen atoms in total. The molecule has 0 spiro atoms. The molecule has 0 saturated carbocycles. The summed E-state index contributed by atoms with van der Waals surface area (Å²) in [6.07, 6.45) is 1.93. The van der Waals surface area contributed by atoms with E-state index >= 15 is 0 Å². The number of alkyl halides is 1. The third kappa shape index (κ3) is 3.29. The first-order valence-electron chi connectivity index (χ1n) is 4.74. The van der Waals surface area contributed by atoms with Crippen LogP contribution < -0.4 is 5.32 Å². The second-order valence-electron chi connectivity index (χ2n) is 3.51. The number of hydrogen-bond acceptors (Lipinski definition) is 2. The van der Waals surface area contributed by atoms with E-state index in [-0.39, 0.29) is 17.9 Å². The second-order valence-corrected chi connectivity index (χ2v) is 4.07. The summed E-state index contributed by atoms with van der Waals surface area (Å²) in [5.41, 5.74) is 0. The van der Waals surface area contributed by atoms with E-state index in [9.17, 15) is 9.59 Å². The average Bonchev–Trinajstić information content (AvgIpc) is 2.16. The average molecular weight is 263 g/mol. The Labute approximate surface area is 92.2 Å². The molecule has 2 amide bonds. The maximum atomic E-state index is 11.4. The molecule has 0 aliphatic carbocycles. The van der Waals surface area contributed by atoms with Crippen molar-refractivity contribution in [3.05, 3.63) is 0 Å². The van der Waals surface area contributed by atoms with Crippen molar-refractivity contribution in [2.45, 2.75) is 25.8 Å². The topological polar surface area (TPSA) is 49.4 Å². The van der Waals surface area contributed by atoms with E-state index in [1.165, 1.54) is 6.92 Å². The first-order chi connectivity index (χ1) is 6.63. The third-order valence-electron chi connectivity index (χ3n) is 2.30. The summed E-state index contributed by atoms with van der Waals surface area (Å²) in [4.78, 5) is 24.0. The molecule has 0 aromatic rings. The van der Waals surface area contributed by atoms with Crippen molar-refractivity contribution in [3.8, 4) is 0 Å². The Morgan fingerprint density at radius 2 is 2.29 bits per heavy atom. The molecule has 80 valence electrons. The number of halogens is 1. The fourth-order valence-electron chi connectivity index (χ4n) is 1.69. The van der Waals surface area contributed by atoms with Crippen molar-refractivity contribution in [3.63, 3.8) is 0 Å². The molecule has 1 rings (SSSR count). The minimum Gasteiger partial charge on any atom is -0.352 e. The molecule has 14 heavy (non-hydrogen) atoms. The Morgan fingerprint density at radius 3 is 2.86 bits per heavy atom. The molecule has 1 N–H and O–H groups in total. The molecule has 1 aliphatic rings. The van der Waals surface area contributed by atoms with Gasteiger partial charge in [0.15, 0.2) is 0 Å². The number of piperidine rings is 1. The number of nitrogens with one attached hydrogen (secondary N) is 1. The van der Waals surface area contributed by atoms with Gasteiger partial charge in [-0.05, 0) is 12.8 Å². The van der Waals surface area contributed by atoms with Crippen molar-refractivity contribution < 1.29 is 9.59 Å². The van der Waals surface area contributed by atoms with Crippen LogP contribution in [0, 0.1) is 0 Å². The maximum Gasteiger partial charge on any atom is 0.233 e. The number of rotatable bonds is 2. The van der Waals surface area contributed by atoms with Gasteiger partial charge in [0.2, 0.25) is 11.8 Å². The van der Waals surface area contributed by atoms with Gasteiger partial charge in [-0.2, -0.15) is 0 Å². The van der Waals surface area contributed by atoms with Crippen molar-refractivity contribution in [1.82, 2.24) is 10.2 Å². The SMILES string of the molecule is CC(=O)NC1CCCN(C(=O)CBr)C1. The summed E-state index contributed by atoms with van der Waals surface area (Å²) in [6.45, 7) is 2.95. The molecule has 1 fully saturated rings. The second kappa shape index (κ2) is 5.34. The van der Waals surface area contributed by atoms with Gasteiger partial charge in [-0.25, -0.2) is 0 Å². The molecular weight excluding hydrogens is 248 g/mol. The van der Waals surface area contributed by atoms with E-state index in [0.29, 0.717) is 11.9 Å². The third-order valence-corrected chi connectivity index (χ3v) is 2.78. The molecule has 1 saturated heterocycles. The summed E-state index contributed by atoms with van der Waals surface area (Å²) in [7, 11) is 0. The molecule has 0 bridgehead atoms. The van der Waals surface area contributed by atoms with E-state index < -0.39 is 0 Å². The zero-order valence-corrected chi connectivity index (χ0v) is 9.84. The number of carbonyl (C=O) groups excluding carboxylic acids is 2. The predicted octanol–water partition coefficient (Wildman–Crippen LogP) is 0.508. The van der Waals surface area contributed by atoms with Gasteiger partial charge >= 0.3 is 0 Å². The quantitative estimate of drug-likeness (QED) is 0.738. The fourth-order valence-corrected chi connectivity index (χ4v) is 2.05. The van der Waals surface area contributed by atoms with Crippen molar-refractivity contribution >= 4 is 27.7 Å². The molecule has 0 aromatic carbocycles. The zero-order chi connectivity index (χ0) is 10.6. The molecular formula is C9H15BrN2O2. The van der Waals surface area contributed by atoms with Gasteiger partial charge in [0.05, 0.1) is 5.33 Å². The van der Waals surface area contributed by atoms with E-state index in [1.54, 1.807) is 4.90 Å². The zero-order valence-electron chi connectivity index (χ0n) is 8.25. The highest BCUT2D eigenvalue weighted by Gasteiger charge is 2.22. The van der Waals surface area contributed by atoms with Crippen LogP contribution in [0.15, 0.2) is 0 Å². The van der Waals surface area contributed by atoms with Crippen LogP contribution in [-0.2, 0) is 9.59 Å². The van der Waals surface area contributed by atoms with Crippen LogP contribution in [0.1, 0.15) is 19.8 Å². The van der Waals surface area contributed by atoms with E-state index in [4.69, 9.17) is 0 Å². The van der Waals surface area contributed by atoms with Crippen LogP contribution in [0.5, 0.6) is 0 Å². The Balaban J connectivity index is 2.43. The lowest BCUT2D eigenvalue weighted by atomic mass is 10.1. The Morgan fingerprint density at radius 1 is 1.57 bits per heavy atom. The van der Waals surface area contributed by atoms with E-state index in [2.05, 4.69) is 21.2 Å². The molecule has 0 aromatic heterocycles. The summed E-state index contributed by atoms with van der Waals surface area (Å²) >= 11 is 3.14. The van der Waals surface area contributed by atoms with E-state index in [1.807, 2.05) is 0 Å². The first-order valence-corrected chi connectivity index (χ1v) is 5.86. The highest BCUT2D eigenvalue weighted by atomic mass is 79.9. The fraction of sp³-hybridized carbons (Fsp3) is 0.778. The number of carbonyl (C=O) groups is 2. The minimum absolute atomic E-state index is 0.0249. The largest absolute Gasteiger partial charge is 0.352 e. The smallest absolute Gasteiger partial charge is 0.233 e. The molecule has 1 unspecified atom stereocenters. The van der Waals surface area contributed by atoms with Crippen LogP contribution in [0.25, 0.3) is 0 Å². The Kier molecular flexibility index (Phi) is 4.38. The van der Waals surface area contributed by atoms with Crippen LogP contribution in [0.3, 0.4) is 0 Å². The van der Waals surface area contributed by atoms with Crippen LogP contribution in [0.4, 0.5) is 0 Å². The maximum absolute atomic E-state index is 11.4. The monoisotopic (exact) mass is 262 g/mol. The molecule has 1 heterocycles. The highest BCUT2D eigenvalue weighted by Crippen LogP contribution is 2.10. The predicted molar refractivity (Wildman–Crippen MR) is 57.2 cm³/mol. The summed E-state index contributed by atoms with van der Waals surface area (Å²) in [5.74, 6) is 0.0724. The highest BCUT2D eigenvalue weighted by molar-refractivity contribution is 9.09. The standard InChI is InChI=1S/C9H15BrN2O2/c1-7(13)11-8-3-2-4-12(6-8)9(14)5-10/h8H,2-6H2,1H3,(H,11,13). The molecule has 5 heteroatoms. The summed E-state index contributed by atoms with van der Waals surface area (Å²) in [5, 5.41) is 3.20. The number of hydrogen-bond donors (Lipinski definition) is 1. The van der Waals surface area contributed by atoms with Crippen molar-refractivity contribution in [1.29, 1.82) is 0 Å². The summed E-state index contributed by atoms with van der Waals surface area (Å²) < 4.78 is 0. The van der Waals surface area contributed by atoms with Gasteiger partial charge < -0.3 is 10.2 Å². The lowest BCUT2D eigenvalue weighted by Crippen LogP contribution is -2.49. The van der Waals surface area contributed by atoms with Gasteiger partial charge in [-0.15, -0.1) is 0 Å². The lowest BCUT2D eigenvalue weighted by Gasteiger charge is -2.32.